The lowest BCUT2D eigenvalue weighted by Gasteiger charge is -2.22. The molecule has 8 rings (SSSR count). The Hall–Kier alpha value is -9.84. The van der Waals surface area contributed by atoms with Crippen LogP contribution in [-0.2, 0) is 62.5 Å². The van der Waals surface area contributed by atoms with Gasteiger partial charge in [-0.3, -0.25) is 42.9 Å². The van der Waals surface area contributed by atoms with Gasteiger partial charge in [-0.05, 0) is 48.5 Å². The van der Waals surface area contributed by atoms with Gasteiger partial charge >= 0.3 is 23.6 Å². The number of fused-ring (bicyclic) bond motifs is 5. The van der Waals surface area contributed by atoms with E-state index in [0.29, 0.717) is 32.8 Å². The summed E-state index contributed by atoms with van der Waals surface area (Å²) in [6.07, 6.45) is 2.48. The second-order valence-electron chi connectivity index (χ2n) is 17.2. The number of carboxylic acid groups (broad SMARTS) is 3. The highest BCUT2D eigenvalue weighted by molar-refractivity contribution is 7.99. The lowest BCUT2D eigenvalue weighted by molar-refractivity contribution is -0.151. The van der Waals surface area contributed by atoms with Gasteiger partial charge in [0.05, 0.1) is 48.6 Å². The Balaban J connectivity index is 0.000000194. The van der Waals surface area contributed by atoms with Gasteiger partial charge in [0.15, 0.2) is 5.82 Å². The van der Waals surface area contributed by atoms with Gasteiger partial charge in [0.1, 0.15) is 17.8 Å². The minimum atomic E-state index is -1.64. The van der Waals surface area contributed by atoms with Crippen LogP contribution < -0.4 is 39.3 Å². The van der Waals surface area contributed by atoms with Crippen LogP contribution in [0.1, 0.15) is 11.1 Å². The molecule has 416 valence electrons. The Kier molecular flexibility index (Phi) is 20.4. The van der Waals surface area contributed by atoms with E-state index in [-0.39, 0.29) is 69.8 Å². The Morgan fingerprint density at radius 3 is 1.62 bits per heavy atom. The highest BCUT2D eigenvalue weighted by atomic mass is 32.2. The Morgan fingerprint density at radius 2 is 1.06 bits per heavy atom. The lowest BCUT2D eigenvalue weighted by atomic mass is 10.1. The monoisotopic (exact) mass is 1120 g/mol. The van der Waals surface area contributed by atoms with Crippen molar-refractivity contribution in [1.82, 2.24) is 44.2 Å². The van der Waals surface area contributed by atoms with Crippen molar-refractivity contribution in [2.75, 3.05) is 64.2 Å². The number of benzene rings is 2. The quantitative estimate of drug-likeness (QED) is 0.0303. The van der Waals surface area contributed by atoms with Crippen molar-refractivity contribution < 1.29 is 58.5 Å². The van der Waals surface area contributed by atoms with Crippen LogP contribution in [0.3, 0.4) is 0 Å². The van der Waals surface area contributed by atoms with Gasteiger partial charge in [0.25, 0.3) is 28.5 Å². The number of carbonyl (C=O) groups is 9. The predicted octanol–water partition coefficient (Wildman–Crippen LogP) is -1.14. The van der Waals surface area contributed by atoms with Crippen molar-refractivity contribution in [3.05, 3.63) is 134 Å². The Bertz CT molecular complexity index is 3750. The number of ketones is 3. The van der Waals surface area contributed by atoms with Gasteiger partial charge in [-0.1, -0.05) is 42.1 Å². The van der Waals surface area contributed by atoms with Gasteiger partial charge in [0, 0.05) is 83.8 Å². The first-order chi connectivity index (χ1) is 38.2. The molecule has 29 heteroatoms. The zero-order valence-corrected chi connectivity index (χ0v) is 43.0. The molecule has 2 aromatic carbocycles. The Morgan fingerprint density at radius 1 is 0.562 bits per heavy atom. The highest BCUT2D eigenvalue weighted by Gasteiger charge is 2.26. The van der Waals surface area contributed by atoms with Crippen LogP contribution in [0.4, 0.5) is 11.5 Å². The number of carboxylic acids is 3. The summed E-state index contributed by atoms with van der Waals surface area (Å²) in [5.74, 6) is -9.57. The number of rotatable bonds is 21. The van der Waals surface area contributed by atoms with Crippen molar-refractivity contribution in [3.8, 4) is 0 Å². The molecule has 3 amide bonds. The maximum atomic E-state index is 12.5. The standard InChI is InChI=1S/C19H18N4O5.C17H17N5O5S.C15H16N4O5/c20-5-6-23(10-15(24)19(27)28)16(25)9-13-8-12-7-11-3-1-2-4-14(11)21-17(12)22-18(13)26;18-5-6-21(7-11(23)16(25)26)14(24)9-22-8-13-15(20-17(22)27)19-10-3-1-2-4-12(10)28-13;16-3-5-19(8-11(20)15(23)24)12(21)7-10-6-9-2-1-4-17-13(9)18-14(10)22/h1-4,7-8H,5-6,9-10,20H2,(H,27,28)(H,21,22,26);1-4,8H,5-7,9,18H2,(H,25,26)(H,19,20,27);1-2,4,6H,3,5,7-8,16H2,(H,23,24)(H,17,18,22). The van der Waals surface area contributed by atoms with Crippen LogP contribution in [-0.4, -0.2) is 171 Å². The summed E-state index contributed by atoms with van der Waals surface area (Å²) in [7, 11) is 0. The average molecular weight is 1120 g/mol. The molecular formula is C51H51N13O15S. The van der Waals surface area contributed by atoms with Crippen LogP contribution in [0.5, 0.6) is 0 Å². The molecule has 0 saturated carbocycles. The first-order valence-corrected chi connectivity index (χ1v) is 24.8. The van der Waals surface area contributed by atoms with Crippen molar-refractivity contribution in [1.29, 1.82) is 0 Å². The predicted molar refractivity (Wildman–Crippen MR) is 287 cm³/mol. The molecule has 6 heterocycles. The highest BCUT2D eigenvalue weighted by Crippen LogP contribution is 2.42. The number of amides is 3. The van der Waals surface area contributed by atoms with Crippen LogP contribution in [0.15, 0.2) is 115 Å². The Labute approximate surface area is 454 Å². The van der Waals surface area contributed by atoms with E-state index < -0.39 is 89.4 Å². The fourth-order valence-corrected chi connectivity index (χ4v) is 8.63. The number of carbonyl (C=O) groups excluding carboxylic acids is 6. The SMILES string of the molecule is NCCN(CC(=O)C(=O)O)C(=O)Cc1cc2cc3ccccc3nc2[nH]c1=O.NCCN(CC(=O)C(=O)O)C(=O)Cc1cc2cccnc2[nH]c1=O.NCCN(CC(=O)C(=O)O)C(=O)Cn1cc2c(nc1=O)Nc1ccccc1S2. The number of Topliss-reactive ketones (excluding diaryl/α,β-unsaturated/α-hetero) is 3. The summed E-state index contributed by atoms with van der Waals surface area (Å²) in [5, 5.41) is 31.4. The molecular weight excluding hydrogens is 1070 g/mol. The number of aliphatic carboxylic acids is 3. The molecule has 0 spiro atoms. The average Bonchev–Trinajstić information content (AvgIpc) is 3.42. The molecule has 1 aliphatic rings. The van der Waals surface area contributed by atoms with Gasteiger partial charge in [-0.25, -0.2) is 29.1 Å². The molecule has 1 aliphatic heterocycles. The van der Waals surface area contributed by atoms with Gasteiger partial charge < -0.3 is 62.5 Å². The third-order valence-electron chi connectivity index (χ3n) is 11.6. The van der Waals surface area contributed by atoms with E-state index in [1.165, 1.54) is 24.2 Å². The molecule has 5 aromatic heterocycles. The molecule has 0 fully saturated rings. The number of aromatic amines is 2. The van der Waals surface area contributed by atoms with Crippen LogP contribution in [0, 0.1) is 0 Å². The normalized spacial score (nSPS) is 11.1. The second kappa shape index (κ2) is 27.5. The molecule has 0 aliphatic carbocycles. The summed E-state index contributed by atoms with van der Waals surface area (Å²) in [6.45, 7) is -1.97. The minimum absolute atomic E-state index is 0.00530. The molecule has 28 nitrogen and oxygen atoms in total. The van der Waals surface area contributed by atoms with E-state index in [0.717, 1.165) is 40.8 Å². The van der Waals surface area contributed by atoms with Crippen molar-refractivity contribution in [2.45, 2.75) is 29.2 Å². The third-order valence-corrected chi connectivity index (χ3v) is 12.7. The number of nitrogens with zero attached hydrogens (tertiary/aromatic N) is 7. The molecule has 0 bridgehead atoms. The summed E-state index contributed by atoms with van der Waals surface area (Å²) in [6, 6.07) is 23.4. The van der Waals surface area contributed by atoms with Crippen LogP contribution in [0.25, 0.3) is 33.0 Å². The second-order valence-corrected chi connectivity index (χ2v) is 18.3. The molecule has 7 aromatic rings. The number of nitrogens with two attached hydrogens (primary N) is 3. The van der Waals surface area contributed by atoms with Gasteiger partial charge in [-0.15, -0.1) is 0 Å². The van der Waals surface area contributed by atoms with E-state index in [9.17, 15) is 57.5 Å². The van der Waals surface area contributed by atoms with Crippen molar-refractivity contribution >= 4 is 109 Å². The van der Waals surface area contributed by atoms with Crippen molar-refractivity contribution in [3.63, 3.8) is 0 Å². The lowest BCUT2D eigenvalue weighted by Crippen LogP contribution is -2.43. The largest absolute Gasteiger partial charge is 0.475 e. The number of hydrogen-bond acceptors (Lipinski definition) is 20. The van der Waals surface area contributed by atoms with Crippen molar-refractivity contribution in [2.24, 2.45) is 17.2 Å². The fraction of sp³-hybridized carbons (Fsp3) is 0.235. The van der Waals surface area contributed by atoms with Gasteiger partial charge in [-0.2, -0.15) is 4.98 Å². The number of hydrogen-bond donors (Lipinski definition) is 9. The number of anilines is 2. The zero-order valence-electron chi connectivity index (χ0n) is 42.2. The molecule has 12 N–H and O–H groups in total. The molecule has 0 unspecified atom stereocenters. The summed E-state index contributed by atoms with van der Waals surface area (Å²) in [4.78, 5) is 163. The number of aromatic nitrogens is 6. The summed E-state index contributed by atoms with van der Waals surface area (Å²) < 4.78 is 1.12. The van der Waals surface area contributed by atoms with E-state index in [4.69, 9.17) is 32.5 Å². The topological polar surface area (TPSA) is 441 Å². The smallest absolute Gasteiger partial charge is 0.374 e. The first-order valence-electron chi connectivity index (χ1n) is 24.0. The molecule has 0 saturated heterocycles. The van der Waals surface area contributed by atoms with Gasteiger partial charge in [0.2, 0.25) is 17.7 Å². The molecule has 0 atom stereocenters. The maximum absolute atomic E-state index is 12.5. The third kappa shape index (κ3) is 15.6. The summed E-state index contributed by atoms with van der Waals surface area (Å²) in [5.41, 5.74) is 17.4. The number of nitrogens with one attached hydrogen (secondary N) is 3. The number of H-pyrrole nitrogens is 2. The maximum Gasteiger partial charge on any atom is 0.374 e. The van der Waals surface area contributed by atoms with E-state index in [1.54, 1.807) is 24.3 Å². The zero-order chi connectivity index (χ0) is 58.2. The van der Waals surface area contributed by atoms with E-state index in [2.05, 4.69) is 30.2 Å². The van der Waals surface area contributed by atoms with Crippen LogP contribution in [0.2, 0.25) is 0 Å². The minimum Gasteiger partial charge on any atom is -0.475 e. The summed E-state index contributed by atoms with van der Waals surface area (Å²) >= 11 is 1.40. The number of para-hydroxylation sites is 2. The first kappa shape index (κ1) is 59.4. The molecule has 0 radical (unpaired) electrons. The van der Waals surface area contributed by atoms with E-state index in [1.807, 2.05) is 54.6 Å². The fourth-order valence-electron chi connectivity index (χ4n) is 7.64. The number of pyridine rings is 4. The molecule has 80 heavy (non-hydrogen) atoms. The van der Waals surface area contributed by atoms with E-state index >= 15 is 0 Å². The van der Waals surface area contributed by atoms with Crippen LogP contribution >= 0.6 is 11.8 Å².